The van der Waals surface area contributed by atoms with Crippen LogP contribution in [0.2, 0.25) is 0 Å². The van der Waals surface area contributed by atoms with E-state index in [9.17, 15) is 43.2 Å². The van der Waals surface area contributed by atoms with Crippen molar-refractivity contribution in [1.29, 1.82) is 0 Å². The molecule has 19 heteroatoms. The van der Waals surface area contributed by atoms with Crippen LogP contribution in [-0.2, 0) is 65.4 Å². The van der Waals surface area contributed by atoms with E-state index in [2.05, 4.69) is 34.6 Å². The number of aliphatic hydroxyl groups is 1. The molecule has 0 saturated heterocycles. The van der Waals surface area contributed by atoms with Crippen molar-refractivity contribution >= 4 is 39.5 Å². The summed E-state index contributed by atoms with van der Waals surface area (Å²) in [6.45, 7) is 7.31. The van der Waals surface area contributed by atoms with E-state index in [0.717, 1.165) is 102 Å². The predicted octanol–water partition coefficient (Wildman–Crippen LogP) is 23.6. The summed E-state index contributed by atoms with van der Waals surface area (Å²) in [5.41, 5.74) is 0. The molecule has 17 nitrogen and oxygen atoms in total. The fourth-order valence-corrected chi connectivity index (χ4v) is 13.8. The molecule has 0 radical (unpaired) electrons. The van der Waals surface area contributed by atoms with Crippen molar-refractivity contribution in [2.24, 2.45) is 5.92 Å². The first kappa shape index (κ1) is 96.1. The number of aliphatic hydroxyl groups excluding tert-OH is 1. The van der Waals surface area contributed by atoms with E-state index in [0.29, 0.717) is 25.7 Å². The summed E-state index contributed by atoms with van der Waals surface area (Å²) < 4.78 is 68.6. The SMILES string of the molecule is CCCCCCCCCCCCCCCCCCCCCCCCC(=O)O[C@H](COC(=O)CCCCCCCCCCCCC(C)CC)COP(=O)(O)OC[C@@H](O)COP(=O)(O)OC[C@@H](COC(=O)CCCCCCCCCC)OC(=O)CCCCCCCCCCCCCCCC. The summed E-state index contributed by atoms with van der Waals surface area (Å²) in [5.74, 6) is -1.30. The number of unbranched alkanes of at least 4 members (excludes halogenated alkanes) is 50. The molecule has 6 atom stereocenters. The van der Waals surface area contributed by atoms with Gasteiger partial charge in [-0.25, -0.2) is 9.13 Å². The molecule has 0 bridgehead atoms. The molecule has 0 aromatic rings. The van der Waals surface area contributed by atoms with Crippen LogP contribution in [0.4, 0.5) is 0 Å². The molecule has 0 aromatic carbocycles. The van der Waals surface area contributed by atoms with Gasteiger partial charge in [0.2, 0.25) is 0 Å². The number of phosphoric acid groups is 2. The van der Waals surface area contributed by atoms with E-state index >= 15 is 0 Å². The van der Waals surface area contributed by atoms with Gasteiger partial charge < -0.3 is 33.8 Å². The predicted molar refractivity (Wildman–Crippen MR) is 400 cm³/mol. The molecule has 0 aliphatic carbocycles. The van der Waals surface area contributed by atoms with Crippen LogP contribution in [-0.4, -0.2) is 96.7 Å². The highest BCUT2D eigenvalue weighted by atomic mass is 31.2. The summed E-state index contributed by atoms with van der Waals surface area (Å²) >= 11 is 0. The normalized spacial score (nSPS) is 14.2. The average molecular weight is 1440 g/mol. The van der Waals surface area contributed by atoms with Gasteiger partial charge >= 0.3 is 39.5 Å². The number of phosphoric ester groups is 2. The summed E-state index contributed by atoms with van der Waals surface area (Å²) in [7, 11) is -9.91. The number of esters is 4. The van der Waals surface area contributed by atoms with E-state index in [1.807, 2.05) is 0 Å². The Kier molecular flexibility index (Phi) is 70.6. The lowest BCUT2D eigenvalue weighted by molar-refractivity contribution is -0.161. The lowest BCUT2D eigenvalue weighted by Gasteiger charge is -2.21. The van der Waals surface area contributed by atoms with Gasteiger partial charge in [-0.15, -0.1) is 0 Å². The lowest BCUT2D eigenvalue weighted by atomic mass is 9.99. The highest BCUT2D eigenvalue weighted by Crippen LogP contribution is 2.45. The van der Waals surface area contributed by atoms with Crippen LogP contribution in [0.25, 0.3) is 0 Å². The molecule has 0 heterocycles. The smallest absolute Gasteiger partial charge is 0.462 e. The number of carbonyl (C=O) groups is 4. The lowest BCUT2D eigenvalue weighted by Crippen LogP contribution is -2.30. The van der Waals surface area contributed by atoms with Gasteiger partial charge in [0.1, 0.15) is 19.3 Å². The molecular weight excluding hydrogens is 1280 g/mol. The monoisotopic (exact) mass is 1440 g/mol. The standard InChI is InChI=1S/C79H154O17P2/c1-6-10-13-16-19-22-24-26-28-29-30-31-32-33-34-35-37-39-45-50-55-60-65-79(84)96-75(69-90-77(82)63-58-53-48-43-41-40-42-46-51-56-61-72(5)9-4)71-94-98(87,88)92-67-73(80)66-91-97(85,86)93-70-74(68-89-76(81)62-57-52-47-21-18-15-12-8-3)95-78(83)64-59-54-49-44-38-36-27-25-23-20-17-14-11-7-2/h72-75,80H,6-71H2,1-5H3,(H,85,86)(H,87,88)/t72?,73-,74+,75+/m0/s1. The Morgan fingerprint density at radius 1 is 0.286 bits per heavy atom. The fraction of sp³-hybridized carbons (Fsp3) is 0.949. The average Bonchev–Trinajstić information content (AvgIpc) is 1.01. The van der Waals surface area contributed by atoms with Gasteiger partial charge in [0.15, 0.2) is 12.2 Å². The minimum atomic E-state index is -4.96. The van der Waals surface area contributed by atoms with Gasteiger partial charge in [-0.05, 0) is 31.6 Å². The summed E-state index contributed by atoms with van der Waals surface area (Å²) in [6.07, 6.45) is 62.5. The minimum absolute atomic E-state index is 0.108. The Morgan fingerprint density at radius 3 is 0.724 bits per heavy atom. The van der Waals surface area contributed by atoms with Crippen molar-refractivity contribution in [2.75, 3.05) is 39.6 Å². The Morgan fingerprint density at radius 2 is 0.490 bits per heavy atom. The first-order valence-corrected chi connectivity index (χ1v) is 44.2. The first-order chi connectivity index (χ1) is 47.6. The Balaban J connectivity index is 5.17. The molecule has 582 valence electrons. The topological polar surface area (TPSA) is 237 Å². The molecule has 0 saturated carbocycles. The van der Waals surface area contributed by atoms with Crippen LogP contribution < -0.4 is 0 Å². The highest BCUT2D eigenvalue weighted by molar-refractivity contribution is 7.47. The Bertz CT molecular complexity index is 1880. The van der Waals surface area contributed by atoms with Gasteiger partial charge in [0, 0.05) is 25.7 Å². The van der Waals surface area contributed by atoms with E-state index in [-0.39, 0.29) is 25.7 Å². The molecule has 0 aliphatic rings. The molecule has 0 fully saturated rings. The Hall–Kier alpha value is -1.94. The highest BCUT2D eigenvalue weighted by Gasteiger charge is 2.30. The quantitative estimate of drug-likeness (QED) is 0.0222. The van der Waals surface area contributed by atoms with E-state index in [1.54, 1.807) is 0 Å². The third-order valence-electron chi connectivity index (χ3n) is 18.9. The summed E-state index contributed by atoms with van der Waals surface area (Å²) in [6, 6.07) is 0. The van der Waals surface area contributed by atoms with Crippen LogP contribution in [0, 0.1) is 5.92 Å². The van der Waals surface area contributed by atoms with Gasteiger partial charge in [0.25, 0.3) is 0 Å². The fourth-order valence-electron chi connectivity index (χ4n) is 12.2. The number of rotatable bonds is 79. The van der Waals surface area contributed by atoms with Crippen LogP contribution in [0.1, 0.15) is 420 Å². The molecule has 0 aliphatic heterocycles. The third-order valence-corrected chi connectivity index (χ3v) is 20.8. The van der Waals surface area contributed by atoms with Crippen LogP contribution >= 0.6 is 15.6 Å². The Labute approximate surface area is 600 Å². The maximum absolute atomic E-state index is 13.1. The second-order valence-electron chi connectivity index (χ2n) is 28.7. The van der Waals surface area contributed by atoms with Gasteiger partial charge in [-0.1, -0.05) is 369 Å². The van der Waals surface area contributed by atoms with Crippen molar-refractivity contribution < 1.29 is 80.2 Å². The van der Waals surface area contributed by atoms with Crippen molar-refractivity contribution in [2.45, 2.75) is 438 Å². The van der Waals surface area contributed by atoms with E-state index < -0.39 is 97.5 Å². The number of hydrogen-bond donors (Lipinski definition) is 3. The second kappa shape index (κ2) is 72.0. The third kappa shape index (κ3) is 71.1. The molecule has 0 amide bonds. The van der Waals surface area contributed by atoms with Crippen molar-refractivity contribution in [3.63, 3.8) is 0 Å². The van der Waals surface area contributed by atoms with Crippen molar-refractivity contribution in [1.82, 2.24) is 0 Å². The first-order valence-electron chi connectivity index (χ1n) is 41.2. The zero-order valence-electron chi connectivity index (χ0n) is 63.9. The number of carbonyl (C=O) groups excluding carboxylic acids is 4. The molecule has 0 aromatic heterocycles. The molecule has 0 rings (SSSR count). The molecule has 0 spiro atoms. The zero-order valence-corrected chi connectivity index (χ0v) is 65.7. The van der Waals surface area contributed by atoms with E-state index in [4.69, 9.17) is 37.0 Å². The summed E-state index contributed by atoms with van der Waals surface area (Å²) in [5, 5.41) is 10.6. The van der Waals surface area contributed by atoms with Crippen LogP contribution in [0.3, 0.4) is 0 Å². The largest absolute Gasteiger partial charge is 0.472 e. The minimum Gasteiger partial charge on any atom is -0.462 e. The summed E-state index contributed by atoms with van der Waals surface area (Å²) in [4.78, 5) is 72.8. The number of hydrogen-bond acceptors (Lipinski definition) is 15. The molecule has 98 heavy (non-hydrogen) atoms. The van der Waals surface area contributed by atoms with Gasteiger partial charge in [0.05, 0.1) is 26.4 Å². The van der Waals surface area contributed by atoms with Crippen molar-refractivity contribution in [3.05, 3.63) is 0 Å². The maximum Gasteiger partial charge on any atom is 0.472 e. The maximum atomic E-state index is 13.1. The van der Waals surface area contributed by atoms with Crippen LogP contribution in [0.5, 0.6) is 0 Å². The molecule has 3 unspecified atom stereocenters. The van der Waals surface area contributed by atoms with Crippen molar-refractivity contribution in [3.8, 4) is 0 Å². The van der Waals surface area contributed by atoms with E-state index in [1.165, 1.54) is 238 Å². The van der Waals surface area contributed by atoms with Gasteiger partial charge in [-0.2, -0.15) is 0 Å². The molecular formula is C79H154O17P2. The molecule has 3 N–H and O–H groups in total. The van der Waals surface area contributed by atoms with Crippen LogP contribution in [0.15, 0.2) is 0 Å². The zero-order chi connectivity index (χ0) is 71.9. The second-order valence-corrected chi connectivity index (χ2v) is 31.6. The van der Waals surface area contributed by atoms with Gasteiger partial charge in [-0.3, -0.25) is 37.3 Å². The number of ether oxygens (including phenoxy) is 4.